The first-order chi connectivity index (χ1) is 10.9. The van der Waals surface area contributed by atoms with Gasteiger partial charge in [0.1, 0.15) is 22.3 Å². The van der Waals surface area contributed by atoms with Crippen LogP contribution in [0.25, 0.3) is 0 Å². The van der Waals surface area contributed by atoms with Gasteiger partial charge in [0.15, 0.2) is 0 Å². The van der Waals surface area contributed by atoms with E-state index in [1.807, 2.05) is 0 Å². The molecule has 120 valence electrons. The molecule has 23 heavy (non-hydrogen) atoms. The fourth-order valence-electron chi connectivity index (χ4n) is 1.92. The third-order valence-electron chi connectivity index (χ3n) is 3.08. The lowest BCUT2D eigenvalue weighted by Crippen LogP contribution is -2.46. The van der Waals surface area contributed by atoms with Gasteiger partial charge in [0.05, 0.1) is 5.56 Å². The SMILES string of the molecule is NC(=O)[C@@H](Cc1cccnc1Br)NC(=O)c1ccc(F)cc1F. The number of nitrogens with zero attached hydrogens (tertiary/aromatic N) is 1. The van der Waals surface area contributed by atoms with Gasteiger partial charge >= 0.3 is 0 Å². The molecule has 0 radical (unpaired) electrons. The van der Waals surface area contributed by atoms with Crippen LogP contribution in [0, 0.1) is 11.6 Å². The van der Waals surface area contributed by atoms with E-state index in [0.717, 1.165) is 12.1 Å². The predicted molar refractivity (Wildman–Crippen MR) is 82.4 cm³/mol. The fourth-order valence-corrected chi connectivity index (χ4v) is 2.34. The van der Waals surface area contributed by atoms with Gasteiger partial charge in [-0.05, 0) is 39.7 Å². The zero-order chi connectivity index (χ0) is 17.0. The Bertz CT molecular complexity index is 755. The fraction of sp³-hybridized carbons (Fsp3) is 0.133. The average Bonchev–Trinajstić information content (AvgIpc) is 2.48. The van der Waals surface area contributed by atoms with E-state index in [9.17, 15) is 18.4 Å². The number of amides is 2. The molecule has 2 rings (SSSR count). The van der Waals surface area contributed by atoms with Gasteiger partial charge in [-0.1, -0.05) is 6.07 Å². The van der Waals surface area contributed by atoms with Gasteiger partial charge in [0.25, 0.3) is 5.91 Å². The Hall–Kier alpha value is -2.35. The van der Waals surface area contributed by atoms with Crippen molar-refractivity contribution in [1.82, 2.24) is 10.3 Å². The molecule has 0 aliphatic carbocycles. The molecule has 1 heterocycles. The Labute approximate surface area is 139 Å². The zero-order valence-electron chi connectivity index (χ0n) is 11.7. The summed E-state index contributed by atoms with van der Waals surface area (Å²) >= 11 is 3.23. The maximum Gasteiger partial charge on any atom is 0.254 e. The summed E-state index contributed by atoms with van der Waals surface area (Å²) < 4.78 is 27.0. The summed E-state index contributed by atoms with van der Waals surface area (Å²) in [6.07, 6.45) is 1.64. The van der Waals surface area contributed by atoms with Gasteiger partial charge in [0.2, 0.25) is 5.91 Å². The Morgan fingerprint density at radius 1 is 1.30 bits per heavy atom. The number of nitrogens with two attached hydrogens (primary N) is 1. The van der Waals surface area contributed by atoms with Crippen LogP contribution in [0.15, 0.2) is 41.1 Å². The number of benzene rings is 1. The van der Waals surface area contributed by atoms with E-state index in [2.05, 4.69) is 26.2 Å². The Kier molecular flexibility index (Phi) is 5.38. The molecule has 1 atom stereocenters. The highest BCUT2D eigenvalue weighted by Crippen LogP contribution is 2.15. The van der Waals surface area contributed by atoms with Gasteiger partial charge in [-0.15, -0.1) is 0 Å². The summed E-state index contributed by atoms with van der Waals surface area (Å²) in [5.41, 5.74) is 5.56. The minimum atomic E-state index is -1.06. The number of hydrogen-bond donors (Lipinski definition) is 2. The molecule has 1 aromatic heterocycles. The molecular formula is C15H12BrF2N3O2. The molecule has 0 spiro atoms. The summed E-state index contributed by atoms with van der Waals surface area (Å²) in [4.78, 5) is 27.6. The number of primary amides is 1. The zero-order valence-corrected chi connectivity index (χ0v) is 13.3. The van der Waals surface area contributed by atoms with E-state index < -0.39 is 29.5 Å². The second kappa shape index (κ2) is 7.28. The van der Waals surface area contributed by atoms with Crippen molar-refractivity contribution in [2.45, 2.75) is 12.5 Å². The first-order valence-electron chi connectivity index (χ1n) is 6.53. The van der Waals surface area contributed by atoms with Crippen LogP contribution >= 0.6 is 15.9 Å². The Morgan fingerprint density at radius 2 is 2.04 bits per heavy atom. The first kappa shape index (κ1) is 17.0. The lowest BCUT2D eigenvalue weighted by molar-refractivity contribution is -0.119. The van der Waals surface area contributed by atoms with Crippen molar-refractivity contribution >= 4 is 27.7 Å². The number of halogens is 3. The maximum atomic E-state index is 13.6. The van der Waals surface area contributed by atoms with Crippen LogP contribution in [-0.4, -0.2) is 22.8 Å². The van der Waals surface area contributed by atoms with Gasteiger partial charge in [-0.2, -0.15) is 0 Å². The summed E-state index contributed by atoms with van der Waals surface area (Å²) in [7, 11) is 0. The monoisotopic (exact) mass is 383 g/mol. The normalized spacial score (nSPS) is 11.8. The van der Waals surface area contributed by atoms with E-state index in [-0.39, 0.29) is 12.0 Å². The predicted octanol–water partition coefficient (Wildman–Crippen LogP) is 1.95. The van der Waals surface area contributed by atoms with Crippen molar-refractivity contribution in [3.63, 3.8) is 0 Å². The van der Waals surface area contributed by atoms with Gasteiger partial charge in [-0.25, -0.2) is 13.8 Å². The molecule has 8 heteroatoms. The minimum Gasteiger partial charge on any atom is -0.368 e. The van der Waals surface area contributed by atoms with Crippen LogP contribution in [0.2, 0.25) is 0 Å². The third-order valence-corrected chi connectivity index (χ3v) is 3.80. The van der Waals surface area contributed by atoms with Gasteiger partial charge in [0, 0.05) is 18.7 Å². The van der Waals surface area contributed by atoms with E-state index in [4.69, 9.17) is 5.73 Å². The van der Waals surface area contributed by atoms with Crippen molar-refractivity contribution in [2.75, 3.05) is 0 Å². The van der Waals surface area contributed by atoms with Crippen LogP contribution in [0.5, 0.6) is 0 Å². The summed E-state index contributed by atoms with van der Waals surface area (Å²) in [5.74, 6) is -3.46. The van der Waals surface area contributed by atoms with E-state index >= 15 is 0 Å². The van der Waals surface area contributed by atoms with Gasteiger partial charge in [-0.3, -0.25) is 9.59 Å². The first-order valence-corrected chi connectivity index (χ1v) is 7.32. The number of nitrogens with one attached hydrogen (secondary N) is 1. The Morgan fingerprint density at radius 3 is 2.65 bits per heavy atom. The molecule has 2 aromatic rings. The maximum absolute atomic E-state index is 13.6. The second-order valence-corrected chi connectivity index (χ2v) is 5.46. The molecule has 0 saturated heterocycles. The highest BCUT2D eigenvalue weighted by molar-refractivity contribution is 9.10. The topological polar surface area (TPSA) is 85.1 Å². The Balaban J connectivity index is 2.18. The van der Waals surface area contributed by atoms with Crippen LogP contribution < -0.4 is 11.1 Å². The van der Waals surface area contributed by atoms with Crippen molar-refractivity contribution in [3.05, 3.63) is 63.9 Å². The molecule has 0 unspecified atom stereocenters. The van der Waals surface area contributed by atoms with Crippen LogP contribution in [-0.2, 0) is 11.2 Å². The third kappa shape index (κ3) is 4.32. The largest absolute Gasteiger partial charge is 0.368 e. The van der Waals surface area contributed by atoms with Crippen molar-refractivity contribution < 1.29 is 18.4 Å². The molecule has 0 aliphatic rings. The van der Waals surface area contributed by atoms with Crippen molar-refractivity contribution in [3.8, 4) is 0 Å². The number of carbonyl (C=O) groups is 2. The minimum absolute atomic E-state index is 0.0817. The van der Waals surface area contributed by atoms with E-state index in [0.29, 0.717) is 16.2 Å². The molecule has 2 amide bonds. The van der Waals surface area contributed by atoms with Crippen LogP contribution in [0.3, 0.4) is 0 Å². The molecule has 1 aromatic carbocycles. The lowest BCUT2D eigenvalue weighted by atomic mass is 10.1. The highest BCUT2D eigenvalue weighted by atomic mass is 79.9. The molecule has 0 aliphatic heterocycles. The van der Waals surface area contributed by atoms with Crippen LogP contribution in [0.1, 0.15) is 15.9 Å². The summed E-state index contributed by atoms with van der Waals surface area (Å²) in [5, 5.41) is 2.34. The van der Waals surface area contributed by atoms with E-state index in [1.54, 1.807) is 18.3 Å². The number of hydrogen-bond acceptors (Lipinski definition) is 3. The molecule has 0 bridgehead atoms. The number of carbonyl (C=O) groups excluding carboxylic acids is 2. The molecule has 5 nitrogen and oxygen atoms in total. The highest BCUT2D eigenvalue weighted by Gasteiger charge is 2.22. The van der Waals surface area contributed by atoms with Gasteiger partial charge < -0.3 is 11.1 Å². The standard InChI is InChI=1S/C15H12BrF2N3O2/c16-13-8(2-1-5-20-13)6-12(14(19)22)21-15(23)10-4-3-9(17)7-11(10)18/h1-5,7,12H,6H2,(H2,19,22)(H,21,23)/t12-/m1/s1. The van der Waals surface area contributed by atoms with Crippen molar-refractivity contribution in [1.29, 1.82) is 0 Å². The number of rotatable bonds is 5. The molecule has 0 fully saturated rings. The number of aromatic nitrogens is 1. The summed E-state index contributed by atoms with van der Waals surface area (Å²) in [6.45, 7) is 0. The smallest absolute Gasteiger partial charge is 0.254 e. The average molecular weight is 384 g/mol. The quantitative estimate of drug-likeness (QED) is 0.773. The van der Waals surface area contributed by atoms with Crippen molar-refractivity contribution in [2.24, 2.45) is 5.73 Å². The molecule has 0 saturated carbocycles. The number of pyridine rings is 1. The molecular weight excluding hydrogens is 372 g/mol. The molecule has 3 N–H and O–H groups in total. The lowest BCUT2D eigenvalue weighted by Gasteiger charge is -2.16. The second-order valence-electron chi connectivity index (χ2n) is 4.71. The summed E-state index contributed by atoms with van der Waals surface area (Å²) in [6, 6.07) is 4.85. The van der Waals surface area contributed by atoms with E-state index in [1.165, 1.54) is 0 Å². The van der Waals surface area contributed by atoms with Crippen LogP contribution in [0.4, 0.5) is 8.78 Å².